The van der Waals surface area contributed by atoms with E-state index >= 15 is 0 Å². The van der Waals surface area contributed by atoms with E-state index in [2.05, 4.69) is 20.8 Å². The van der Waals surface area contributed by atoms with Crippen molar-refractivity contribution in [1.82, 2.24) is 4.90 Å². The fourth-order valence-electron chi connectivity index (χ4n) is 2.66. The minimum Gasteiger partial charge on any atom is -0.341 e. The molecule has 1 aliphatic rings. The first-order chi connectivity index (χ1) is 9.00. The Morgan fingerprint density at radius 3 is 2.20 bits per heavy atom. The molecule has 1 amide bonds. The molecule has 0 aromatic carbocycles. The Labute approximate surface area is 122 Å². The van der Waals surface area contributed by atoms with Gasteiger partial charge in [0.15, 0.2) is 0 Å². The van der Waals surface area contributed by atoms with E-state index in [1.165, 1.54) is 6.26 Å². The summed E-state index contributed by atoms with van der Waals surface area (Å²) in [6.45, 7) is 8.15. The van der Waals surface area contributed by atoms with Gasteiger partial charge in [-0.05, 0) is 30.6 Å². The summed E-state index contributed by atoms with van der Waals surface area (Å²) in [7, 11) is -3.06. The van der Waals surface area contributed by atoms with E-state index in [0.717, 1.165) is 25.9 Å². The van der Waals surface area contributed by atoms with Gasteiger partial charge in [0.05, 0.1) is 11.8 Å². The molecule has 0 spiro atoms. The summed E-state index contributed by atoms with van der Waals surface area (Å²) in [5.41, 5.74) is 6.09. The third-order valence-corrected chi connectivity index (χ3v) is 5.13. The molecule has 1 atom stereocenters. The average Bonchev–Trinajstić information content (AvgIpc) is 2.33. The third-order valence-electron chi connectivity index (χ3n) is 4.15. The molecule has 1 aliphatic heterocycles. The number of nitrogens with two attached hydrogens (primary N) is 1. The zero-order valence-corrected chi connectivity index (χ0v) is 13.9. The SMILES string of the molecule is CC(C)(C)C1CCN(C(=O)C(N)CCS(C)(=O)=O)CC1. The third kappa shape index (κ3) is 5.40. The van der Waals surface area contributed by atoms with E-state index in [0.29, 0.717) is 5.92 Å². The van der Waals surface area contributed by atoms with Crippen molar-refractivity contribution in [3.05, 3.63) is 0 Å². The van der Waals surface area contributed by atoms with E-state index in [1.54, 1.807) is 4.90 Å². The molecule has 1 rings (SSSR count). The molecule has 5 nitrogen and oxygen atoms in total. The van der Waals surface area contributed by atoms with E-state index in [-0.39, 0.29) is 23.5 Å². The number of hydrogen-bond acceptors (Lipinski definition) is 4. The average molecular weight is 304 g/mol. The fraction of sp³-hybridized carbons (Fsp3) is 0.929. The minimum atomic E-state index is -3.06. The Morgan fingerprint density at radius 2 is 1.80 bits per heavy atom. The van der Waals surface area contributed by atoms with Gasteiger partial charge >= 0.3 is 0 Å². The lowest BCUT2D eigenvalue weighted by atomic mass is 9.75. The number of likely N-dealkylation sites (tertiary alicyclic amines) is 1. The van der Waals surface area contributed by atoms with Crippen LogP contribution in [0.1, 0.15) is 40.0 Å². The first-order valence-electron chi connectivity index (χ1n) is 7.23. The maximum atomic E-state index is 12.2. The molecule has 1 fully saturated rings. The maximum Gasteiger partial charge on any atom is 0.239 e. The van der Waals surface area contributed by atoms with Crippen molar-refractivity contribution in [3.8, 4) is 0 Å². The lowest BCUT2D eigenvalue weighted by molar-refractivity contribution is -0.134. The highest BCUT2D eigenvalue weighted by molar-refractivity contribution is 7.90. The van der Waals surface area contributed by atoms with Crippen molar-refractivity contribution in [2.45, 2.75) is 46.1 Å². The van der Waals surface area contributed by atoms with Crippen molar-refractivity contribution in [3.63, 3.8) is 0 Å². The summed E-state index contributed by atoms with van der Waals surface area (Å²) in [5, 5.41) is 0. The van der Waals surface area contributed by atoms with Crippen LogP contribution in [0.5, 0.6) is 0 Å². The molecule has 0 aliphatic carbocycles. The van der Waals surface area contributed by atoms with Crippen molar-refractivity contribution >= 4 is 15.7 Å². The van der Waals surface area contributed by atoms with Gasteiger partial charge < -0.3 is 10.6 Å². The van der Waals surface area contributed by atoms with Gasteiger partial charge in [-0.3, -0.25) is 4.79 Å². The summed E-state index contributed by atoms with van der Waals surface area (Å²) >= 11 is 0. The topological polar surface area (TPSA) is 80.5 Å². The smallest absolute Gasteiger partial charge is 0.239 e. The molecule has 20 heavy (non-hydrogen) atoms. The molecular weight excluding hydrogens is 276 g/mol. The van der Waals surface area contributed by atoms with Crippen LogP contribution in [-0.2, 0) is 14.6 Å². The monoisotopic (exact) mass is 304 g/mol. The Bertz CT molecular complexity index is 432. The molecule has 6 heteroatoms. The zero-order chi connectivity index (χ0) is 15.6. The highest BCUT2D eigenvalue weighted by atomic mass is 32.2. The van der Waals surface area contributed by atoms with E-state index in [9.17, 15) is 13.2 Å². The van der Waals surface area contributed by atoms with Crippen LogP contribution in [-0.4, -0.2) is 50.4 Å². The van der Waals surface area contributed by atoms with Gasteiger partial charge in [0, 0.05) is 19.3 Å². The second-order valence-electron chi connectivity index (χ2n) is 6.99. The number of nitrogens with zero attached hydrogens (tertiary/aromatic N) is 1. The molecule has 1 unspecified atom stereocenters. The van der Waals surface area contributed by atoms with Crippen LogP contribution in [0.15, 0.2) is 0 Å². The van der Waals surface area contributed by atoms with Gasteiger partial charge in [0.1, 0.15) is 9.84 Å². The van der Waals surface area contributed by atoms with Crippen LogP contribution in [0.3, 0.4) is 0 Å². The fourth-order valence-corrected chi connectivity index (χ4v) is 3.35. The molecule has 0 bridgehead atoms. The highest BCUT2D eigenvalue weighted by Gasteiger charge is 2.31. The Hall–Kier alpha value is -0.620. The Kier molecular flexibility index (Phi) is 5.61. The molecule has 0 aromatic heterocycles. The summed E-state index contributed by atoms with van der Waals surface area (Å²) < 4.78 is 22.2. The van der Waals surface area contributed by atoms with Gasteiger partial charge in [-0.2, -0.15) is 0 Å². The summed E-state index contributed by atoms with van der Waals surface area (Å²) in [6, 6.07) is -0.698. The number of hydrogen-bond donors (Lipinski definition) is 1. The van der Waals surface area contributed by atoms with Crippen LogP contribution in [0.4, 0.5) is 0 Å². The maximum absolute atomic E-state index is 12.2. The Balaban J connectivity index is 2.46. The predicted molar refractivity (Wildman–Crippen MR) is 81.1 cm³/mol. The normalized spacial score (nSPS) is 19.9. The van der Waals surface area contributed by atoms with E-state index in [1.807, 2.05) is 0 Å². The molecule has 0 aromatic rings. The second kappa shape index (κ2) is 6.43. The number of amides is 1. The van der Waals surface area contributed by atoms with Crippen molar-refractivity contribution in [1.29, 1.82) is 0 Å². The molecule has 2 N–H and O–H groups in total. The molecule has 1 saturated heterocycles. The van der Waals surface area contributed by atoms with Gasteiger partial charge in [0.2, 0.25) is 5.91 Å². The Morgan fingerprint density at radius 1 is 1.30 bits per heavy atom. The summed E-state index contributed by atoms with van der Waals surface area (Å²) in [5.74, 6) is 0.484. The van der Waals surface area contributed by atoms with Crippen LogP contribution >= 0.6 is 0 Å². The van der Waals surface area contributed by atoms with Gasteiger partial charge in [-0.25, -0.2) is 8.42 Å². The summed E-state index contributed by atoms with van der Waals surface area (Å²) in [6.07, 6.45) is 3.36. The molecule has 0 saturated carbocycles. The van der Waals surface area contributed by atoms with Crippen LogP contribution < -0.4 is 5.73 Å². The number of carbonyl (C=O) groups is 1. The number of sulfone groups is 1. The first kappa shape index (κ1) is 17.4. The van der Waals surface area contributed by atoms with Crippen LogP contribution in [0.25, 0.3) is 0 Å². The quantitative estimate of drug-likeness (QED) is 0.841. The molecular formula is C14H28N2O3S. The van der Waals surface area contributed by atoms with Crippen molar-refractivity contribution in [2.24, 2.45) is 17.1 Å². The van der Waals surface area contributed by atoms with Gasteiger partial charge in [-0.15, -0.1) is 0 Å². The van der Waals surface area contributed by atoms with Crippen molar-refractivity contribution < 1.29 is 13.2 Å². The second-order valence-corrected chi connectivity index (χ2v) is 9.25. The lowest BCUT2D eigenvalue weighted by Crippen LogP contribution is -2.48. The van der Waals surface area contributed by atoms with Crippen molar-refractivity contribution in [2.75, 3.05) is 25.1 Å². The number of carbonyl (C=O) groups excluding carboxylic acids is 1. The number of rotatable bonds is 4. The van der Waals surface area contributed by atoms with E-state index in [4.69, 9.17) is 5.73 Å². The standard InChI is InChI=1S/C14H28N2O3S/c1-14(2,3)11-5-8-16(9-6-11)13(17)12(15)7-10-20(4,18)19/h11-12H,5-10,15H2,1-4H3. The highest BCUT2D eigenvalue weighted by Crippen LogP contribution is 2.34. The largest absolute Gasteiger partial charge is 0.341 e. The lowest BCUT2D eigenvalue weighted by Gasteiger charge is -2.39. The summed E-state index contributed by atoms with van der Waals surface area (Å²) in [4.78, 5) is 14.0. The van der Waals surface area contributed by atoms with Crippen LogP contribution in [0, 0.1) is 11.3 Å². The van der Waals surface area contributed by atoms with Crippen LogP contribution in [0.2, 0.25) is 0 Å². The molecule has 118 valence electrons. The first-order valence-corrected chi connectivity index (χ1v) is 9.29. The predicted octanol–water partition coefficient (Wildman–Crippen LogP) is 1.03. The molecule has 1 heterocycles. The number of piperidine rings is 1. The van der Waals surface area contributed by atoms with Gasteiger partial charge in [0.25, 0.3) is 0 Å². The minimum absolute atomic E-state index is 0.0294. The molecule has 0 radical (unpaired) electrons. The van der Waals surface area contributed by atoms with Gasteiger partial charge in [-0.1, -0.05) is 20.8 Å². The zero-order valence-electron chi connectivity index (χ0n) is 13.1. The van der Waals surface area contributed by atoms with E-state index < -0.39 is 15.9 Å².